The largest absolute Gasteiger partial charge is 0.382 e. The number of H-pyrrole nitrogens is 1. The summed E-state index contributed by atoms with van der Waals surface area (Å²) in [5.41, 5.74) is 0.575. The lowest BCUT2D eigenvalue weighted by Crippen LogP contribution is -2.33. The lowest BCUT2D eigenvalue weighted by Gasteiger charge is -2.29. The molecule has 1 aliphatic heterocycles. The van der Waals surface area contributed by atoms with Crippen LogP contribution >= 0.6 is 15.9 Å². The van der Waals surface area contributed by atoms with Crippen molar-refractivity contribution in [2.75, 3.05) is 32.0 Å². The summed E-state index contributed by atoms with van der Waals surface area (Å²) in [6.45, 7) is 3.21. The van der Waals surface area contributed by atoms with Crippen molar-refractivity contribution in [3.8, 4) is 0 Å². The van der Waals surface area contributed by atoms with E-state index in [1.807, 2.05) is 0 Å². The number of rotatable bonds is 3. The van der Waals surface area contributed by atoms with Crippen LogP contribution < -0.4 is 10.9 Å². The predicted molar refractivity (Wildman–Crippen MR) is 71.3 cm³/mol. The summed E-state index contributed by atoms with van der Waals surface area (Å²) < 4.78 is 0.528. The van der Waals surface area contributed by atoms with E-state index in [2.05, 4.69) is 43.4 Å². The quantitative estimate of drug-likeness (QED) is 0.883. The van der Waals surface area contributed by atoms with E-state index in [0.29, 0.717) is 10.4 Å². The molecule has 0 unspecified atom stereocenters. The van der Waals surface area contributed by atoms with Crippen molar-refractivity contribution < 1.29 is 0 Å². The maximum Gasteiger partial charge on any atom is 0.280 e. The van der Waals surface area contributed by atoms with Crippen LogP contribution in [-0.2, 0) is 0 Å². The molecule has 1 aliphatic rings. The van der Waals surface area contributed by atoms with E-state index in [0.717, 1.165) is 25.3 Å². The van der Waals surface area contributed by atoms with Crippen molar-refractivity contribution >= 4 is 21.6 Å². The summed E-state index contributed by atoms with van der Waals surface area (Å²) in [4.78, 5) is 13.7. The molecule has 0 aromatic carbocycles. The van der Waals surface area contributed by atoms with Gasteiger partial charge in [-0.1, -0.05) is 0 Å². The Kier molecular flexibility index (Phi) is 4.17. The first-order valence-electron chi connectivity index (χ1n) is 5.82. The molecule has 0 bridgehead atoms. The molecular formula is C11H17BrN4O. The number of likely N-dealkylation sites (tertiary alicyclic amines) is 1. The van der Waals surface area contributed by atoms with Crippen LogP contribution in [0.3, 0.4) is 0 Å². The topological polar surface area (TPSA) is 61.0 Å². The molecular weight excluding hydrogens is 284 g/mol. The molecule has 0 amide bonds. The van der Waals surface area contributed by atoms with Gasteiger partial charge in [0, 0.05) is 6.54 Å². The van der Waals surface area contributed by atoms with E-state index >= 15 is 0 Å². The zero-order chi connectivity index (χ0) is 12.3. The van der Waals surface area contributed by atoms with Gasteiger partial charge in [0.15, 0.2) is 0 Å². The zero-order valence-electron chi connectivity index (χ0n) is 9.87. The Morgan fingerprint density at radius 1 is 1.59 bits per heavy atom. The van der Waals surface area contributed by atoms with E-state index < -0.39 is 0 Å². The van der Waals surface area contributed by atoms with Crippen LogP contribution in [0, 0.1) is 5.92 Å². The van der Waals surface area contributed by atoms with Gasteiger partial charge in [0.2, 0.25) is 0 Å². The summed E-state index contributed by atoms with van der Waals surface area (Å²) in [7, 11) is 2.15. The third-order valence-electron chi connectivity index (χ3n) is 3.21. The lowest BCUT2D eigenvalue weighted by molar-refractivity contribution is 0.226. The fourth-order valence-corrected chi connectivity index (χ4v) is 2.36. The molecule has 0 aliphatic carbocycles. The highest BCUT2D eigenvalue weighted by Gasteiger charge is 2.16. The molecule has 2 rings (SSSR count). The smallest absolute Gasteiger partial charge is 0.280 e. The third-order valence-corrected chi connectivity index (χ3v) is 4.00. The number of anilines is 1. The van der Waals surface area contributed by atoms with Crippen molar-refractivity contribution in [3.05, 3.63) is 21.0 Å². The predicted octanol–water partition coefficient (Wildman–Crippen LogP) is 1.29. The second-order valence-corrected chi connectivity index (χ2v) is 5.35. The van der Waals surface area contributed by atoms with E-state index in [1.54, 1.807) is 6.20 Å². The molecule has 94 valence electrons. The van der Waals surface area contributed by atoms with E-state index in [-0.39, 0.29) is 5.56 Å². The normalized spacial score (nSPS) is 18.2. The molecule has 1 fully saturated rings. The first-order valence-corrected chi connectivity index (χ1v) is 6.61. The molecule has 1 aromatic rings. The van der Waals surface area contributed by atoms with Gasteiger partial charge < -0.3 is 10.2 Å². The highest BCUT2D eigenvalue weighted by molar-refractivity contribution is 9.10. The molecule has 2 N–H and O–H groups in total. The van der Waals surface area contributed by atoms with Crippen LogP contribution in [0.25, 0.3) is 0 Å². The van der Waals surface area contributed by atoms with Crippen LogP contribution in [0.15, 0.2) is 15.5 Å². The first-order chi connectivity index (χ1) is 8.16. The zero-order valence-corrected chi connectivity index (χ0v) is 11.5. The number of aromatic nitrogens is 2. The van der Waals surface area contributed by atoms with Crippen LogP contribution in [0.5, 0.6) is 0 Å². The minimum atomic E-state index is -0.196. The van der Waals surface area contributed by atoms with Gasteiger partial charge in [0.05, 0.1) is 11.9 Å². The first kappa shape index (κ1) is 12.6. The summed E-state index contributed by atoms with van der Waals surface area (Å²) >= 11 is 3.26. The summed E-state index contributed by atoms with van der Waals surface area (Å²) in [6.07, 6.45) is 4.05. The molecule has 2 heterocycles. The minimum absolute atomic E-state index is 0.196. The number of aromatic amines is 1. The molecule has 6 heteroatoms. The van der Waals surface area contributed by atoms with Gasteiger partial charge in [-0.2, -0.15) is 5.10 Å². The Balaban J connectivity index is 1.90. The minimum Gasteiger partial charge on any atom is -0.382 e. The van der Waals surface area contributed by atoms with Gasteiger partial charge in [0.1, 0.15) is 4.47 Å². The fourth-order valence-electron chi connectivity index (χ4n) is 2.03. The fraction of sp³-hybridized carbons (Fsp3) is 0.636. The van der Waals surface area contributed by atoms with E-state index in [1.165, 1.54) is 12.8 Å². The van der Waals surface area contributed by atoms with Gasteiger partial charge in [-0.25, -0.2) is 5.10 Å². The summed E-state index contributed by atoms with van der Waals surface area (Å²) in [5.74, 6) is 0.678. The number of nitrogens with zero attached hydrogens (tertiary/aromatic N) is 2. The molecule has 5 nitrogen and oxygen atoms in total. The van der Waals surface area contributed by atoms with Crippen molar-refractivity contribution in [1.29, 1.82) is 0 Å². The Hall–Kier alpha value is -0.880. The van der Waals surface area contributed by atoms with Crippen molar-refractivity contribution in [1.82, 2.24) is 15.1 Å². The molecule has 0 spiro atoms. The molecule has 1 saturated heterocycles. The van der Waals surface area contributed by atoms with Crippen molar-refractivity contribution in [2.24, 2.45) is 5.92 Å². The van der Waals surface area contributed by atoms with Crippen LogP contribution in [0.4, 0.5) is 5.69 Å². The molecule has 0 saturated carbocycles. The highest BCUT2D eigenvalue weighted by Crippen LogP contribution is 2.19. The Labute approximate surface area is 109 Å². The Bertz CT molecular complexity index is 426. The number of halogens is 1. The number of piperidine rings is 1. The Morgan fingerprint density at radius 2 is 2.29 bits per heavy atom. The summed E-state index contributed by atoms with van der Waals surface area (Å²) in [6, 6.07) is 0. The average molecular weight is 301 g/mol. The van der Waals surface area contributed by atoms with Gasteiger partial charge in [-0.05, 0) is 54.8 Å². The second kappa shape index (κ2) is 5.64. The van der Waals surface area contributed by atoms with Crippen LogP contribution in [-0.4, -0.2) is 41.8 Å². The van der Waals surface area contributed by atoms with E-state index in [9.17, 15) is 4.79 Å². The average Bonchev–Trinajstić information content (AvgIpc) is 2.33. The number of hydrogen-bond acceptors (Lipinski definition) is 4. The molecule has 0 atom stereocenters. The van der Waals surface area contributed by atoms with Gasteiger partial charge in [-0.3, -0.25) is 4.79 Å². The SMILES string of the molecule is CN1CCC(CNc2cn[nH]c(=O)c2Br)CC1. The second-order valence-electron chi connectivity index (χ2n) is 4.55. The van der Waals surface area contributed by atoms with Gasteiger partial charge >= 0.3 is 0 Å². The number of hydrogen-bond donors (Lipinski definition) is 2. The molecule has 17 heavy (non-hydrogen) atoms. The van der Waals surface area contributed by atoms with E-state index in [4.69, 9.17) is 0 Å². The Morgan fingerprint density at radius 3 is 3.00 bits per heavy atom. The third kappa shape index (κ3) is 3.29. The van der Waals surface area contributed by atoms with Crippen LogP contribution in [0.1, 0.15) is 12.8 Å². The maximum atomic E-state index is 11.3. The number of nitrogens with one attached hydrogen (secondary N) is 2. The van der Waals surface area contributed by atoms with Crippen molar-refractivity contribution in [2.45, 2.75) is 12.8 Å². The van der Waals surface area contributed by atoms with Gasteiger partial charge in [-0.15, -0.1) is 0 Å². The maximum absolute atomic E-state index is 11.3. The standard InChI is InChI=1S/C11H17BrN4O/c1-16-4-2-8(3-5-16)6-13-9-7-14-15-11(17)10(9)12/h7-8H,2-6H2,1H3,(H2,13,15,17). The summed E-state index contributed by atoms with van der Waals surface area (Å²) in [5, 5.41) is 9.46. The van der Waals surface area contributed by atoms with Gasteiger partial charge in [0.25, 0.3) is 5.56 Å². The molecule has 1 aromatic heterocycles. The lowest BCUT2D eigenvalue weighted by atomic mass is 9.97. The monoisotopic (exact) mass is 300 g/mol. The molecule has 0 radical (unpaired) electrons. The van der Waals surface area contributed by atoms with Crippen molar-refractivity contribution in [3.63, 3.8) is 0 Å². The van der Waals surface area contributed by atoms with Crippen LogP contribution in [0.2, 0.25) is 0 Å². The highest BCUT2D eigenvalue weighted by atomic mass is 79.9.